The number of hydrogen-bond acceptors (Lipinski definition) is 4. The highest BCUT2D eigenvalue weighted by Crippen LogP contribution is 2.19. The van der Waals surface area contributed by atoms with Crippen LogP contribution in [0.3, 0.4) is 0 Å². The molecule has 0 aliphatic rings. The zero-order valence-electron chi connectivity index (χ0n) is 9.35. The Balaban J connectivity index is 3.09. The van der Waals surface area contributed by atoms with Crippen LogP contribution in [0.4, 0.5) is 10.1 Å². The molecule has 0 heterocycles. The van der Waals surface area contributed by atoms with Crippen molar-refractivity contribution < 1.29 is 17.9 Å². The molecule has 17 heavy (non-hydrogen) atoms. The molecule has 0 aliphatic carbocycles. The lowest BCUT2D eigenvalue weighted by molar-refractivity contribution is 0.254. The van der Waals surface area contributed by atoms with Crippen LogP contribution >= 0.6 is 0 Å². The minimum atomic E-state index is -3.91. The second-order valence-electron chi connectivity index (χ2n) is 3.59. The van der Waals surface area contributed by atoms with E-state index in [1.54, 1.807) is 6.92 Å². The van der Waals surface area contributed by atoms with Crippen molar-refractivity contribution in [3.8, 4) is 0 Å². The fourth-order valence-electron chi connectivity index (χ4n) is 1.27. The molecule has 0 bridgehead atoms. The van der Waals surface area contributed by atoms with E-state index in [4.69, 9.17) is 10.8 Å². The van der Waals surface area contributed by atoms with Crippen molar-refractivity contribution in [1.82, 2.24) is 4.72 Å². The Bertz CT molecular complexity index is 486. The van der Waals surface area contributed by atoms with E-state index in [9.17, 15) is 12.8 Å². The maximum atomic E-state index is 13.0. The van der Waals surface area contributed by atoms with Crippen LogP contribution < -0.4 is 10.5 Å². The molecular weight excluding hydrogens is 247 g/mol. The minimum Gasteiger partial charge on any atom is -0.398 e. The average molecular weight is 262 g/mol. The number of nitrogens with two attached hydrogens (primary N) is 1. The summed E-state index contributed by atoms with van der Waals surface area (Å²) >= 11 is 0. The van der Waals surface area contributed by atoms with Gasteiger partial charge in [-0.2, -0.15) is 0 Å². The Kier molecular flexibility index (Phi) is 4.44. The van der Waals surface area contributed by atoms with Crippen molar-refractivity contribution in [2.24, 2.45) is 0 Å². The summed E-state index contributed by atoms with van der Waals surface area (Å²) in [7, 11) is -3.91. The number of nitrogens with one attached hydrogen (secondary N) is 1. The lowest BCUT2D eigenvalue weighted by Crippen LogP contribution is -2.37. The molecule has 96 valence electrons. The van der Waals surface area contributed by atoms with E-state index in [0.29, 0.717) is 6.42 Å². The highest BCUT2D eigenvalue weighted by molar-refractivity contribution is 7.89. The molecular formula is C10H15FN2O3S. The quantitative estimate of drug-likeness (QED) is 0.672. The first-order chi connectivity index (χ1) is 7.90. The number of halogens is 1. The first-order valence-electron chi connectivity index (χ1n) is 5.09. The molecule has 1 rings (SSSR count). The summed E-state index contributed by atoms with van der Waals surface area (Å²) in [5.74, 6) is -0.684. The van der Waals surface area contributed by atoms with Crippen molar-refractivity contribution in [2.45, 2.75) is 24.3 Å². The Morgan fingerprint density at radius 2 is 2.18 bits per heavy atom. The number of aliphatic hydroxyl groups is 1. The zero-order valence-corrected chi connectivity index (χ0v) is 10.2. The molecule has 0 radical (unpaired) electrons. The van der Waals surface area contributed by atoms with E-state index in [0.717, 1.165) is 12.1 Å². The Labute approximate surface area is 99.5 Å². The fraction of sp³-hybridized carbons (Fsp3) is 0.400. The van der Waals surface area contributed by atoms with E-state index in [2.05, 4.69) is 4.72 Å². The fourth-order valence-corrected chi connectivity index (χ4v) is 2.73. The van der Waals surface area contributed by atoms with E-state index in [-0.39, 0.29) is 17.2 Å². The molecule has 0 aromatic heterocycles. The largest absolute Gasteiger partial charge is 0.398 e. The number of aliphatic hydroxyl groups excluding tert-OH is 1. The van der Waals surface area contributed by atoms with Gasteiger partial charge in [-0.25, -0.2) is 17.5 Å². The van der Waals surface area contributed by atoms with Crippen molar-refractivity contribution in [1.29, 1.82) is 0 Å². The molecule has 1 atom stereocenters. The second-order valence-corrected chi connectivity index (χ2v) is 5.27. The van der Waals surface area contributed by atoms with Gasteiger partial charge in [0, 0.05) is 6.04 Å². The van der Waals surface area contributed by atoms with Crippen LogP contribution in [-0.2, 0) is 10.0 Å². The third-order valence-corrected chi connectivity index (χ3v) is 3.88. The Morgan fingerprint density at radius 3 is 2.71 bits per heavy atom. The average Bonchev–Trinajstić information content (AvgIpc) is 2.29. The number of sulfonamides is 1. The Morgan fingerprint density at radius 1 is 1.53 bits per heavy atom. The van der Waals surface area contributed by atoms with Crippen molar-refractivity contribution >= 4 is 15.7 Å². The number of anilines is 1. The van der Waals surface area contributed by atoms with Crippen molar-refractivity contribution in [3.05, 3.63) is 24.0 Å². The highest BCUT2D eigenvalue weighted by atomic mass is 32.2. The van der Waals surface area contributed by atoms with Gasteiger partial charge in [-0.3, -0.25) is 0 Å². The van der Waals surface area contributed by atoms with Crippen molar-refractivity contribution in [2.75, 3.05) is 12.3 Å². The molecule has 0 fully saturated rings. The highest BCUT2D eigenvalue weighted by Gasteiger charge is 2.21. The predicted octanol–water partition coefficient (Wildman–Crippen LogP) is 0.457. The number of rotatable bonds is 5. The molecule has 0 saturated carbocycles. The maximum absolute atomic E-state index is 13.0. The summed E-state index contributed by atoms with van der Waals surface area (Å²) in [6.45, 7) is 1.39. The van der Waals surface area contributed by atoms with E-state index >= 15 is 0 Å². The van der Waals surface area contributed by atoms with Gasteiger partial charge in [0.15, 0.2) is 0 Å². The third kappa shape index (κ3) is 3.39. The molecule has 7 heteroatoms. The lowest BCUT2D eigenvalue weighted by atomic mass is 10.3. The SMILES string of the molecule is CC[C@@H](CO)NS(=O)(=O)c1cc(F)ccc1N. The molecule has 0 amide bonds. The smallest absolute Gasteiger partial charge is 0.243 e. The second kappa shape index (κ2) is 5.44. The molecule has 0 unspecified atom stereocenters. The van der Waals surface area contributed by atoms with Gasteiger partial charge < -0.3 is 10.8 Å². The van der Waals surface area contributed by atoms with Crippen LogP contribution in [0.25, 0.3) is 0 Å². The summed E-state index contributed by atoms with van der Waals surface area (Å²) in [4.78, 5) is -0.315. The molecule has 5 nitrogen and oxygen atoms in total. The van der Waals surface area contributed by atoms with Gasteiger partial charge in [-0.1, -0.05) is 6.92 Å². The first kappa shape index (κ1) is 13.9. The number of benzene rings is 1. The van der Waals surface area contributed by atoms with Crippen LogP contribution in [0.1, 0.15) is 13.3 Å². The molecule has 0 aliphatic heterocycles. The zero-order chi connectivity index (χ0) is 13.1. The molecule has 0 spiro atoms. The number of hydrogen-bond donors (Lipinski definition) is 3. The van der Waals surface area contributed by atoms with Crippen molar-refractivity contribution in [3.63, 3.8) is 0 Å². The summed E-state index contributed by atoms with van der Waals surface area (Å²) in [6, 6.07) is 2.51. The lowest BCUT2D eigenvalue weighted by Gasteiger charge is -2.15. The summed E-state index contributed by atoms with van der Waals surface area (Å²) in [5.41, 5.74) is 5.45. The minimum absolute atomic E-state index is 0.0355. The van der Waals surface area contributed by atoms with Crippen LogP contribution in [0.15, 0.2) is 23.1 Å². The molecule has 1 aromatic carbocycles. The van der Waals surface area contributed by atoms with Gasteiger partial charge in [0.25, 0.3) is 0 Å². The first-order valence-corrected chi connectivity index (χ1v) is 6.57. The molecule has 1 aromatic rings. The van der Waals surface area contributed by atoms with Crippen LogP contribution in [0, 0.1) is 5.82 Å². The standard InChI is InChI=1S/C10H15FN2O3S/c1-2-8(6-14)13-17(15,16)10-5-7(11)3-4-9(10)12/h3-5,8,13-14H,2,6,12H2,1H3/t8-/m0/s1. The van der Waals surface area contributed by atoms with E-state index in [1.807, 2.05) is 0 Å². The normalized spacial score (nSPS) is 13.6. The van der Waals surface area contributed by atoms with Gasteiger partial charge in [0.05, 0.1) is 12.3 Å². The predicted molar refractivity (Wildman–Crippen MR) is 62.3 cm³/mol. The third-order valence-electron chi connectivity index (χ3n) is 2.30. The van der Waals surface area contributed by atoms with Crippen LogP contribution in [0.2, 0.25) is 0 Å². The number of nitrogen functional groups attached to an aromatic ring is 1. The van der Waals surface area contributed by atoms with E-state index in [1.165, 1.54) is 6.07 Å². The summed E-state index contributed by atoms with van der Waals surface area (Å²) in [5, 5.41) is 8.93. The summed E-state index contributed by atoms with van der Waals surface area (Å²) < 4.78 is 39.0. The topological polar surface area (TPSA) is 92.4 Å². The van der Waals surface area contributed by atoms with Crippen LogP contribution in [0.5, 0.6) is 0 Å². The van der Waals surface area contributed by atoms with Crippen LogP contribution in [-0.4, -0.2) is 26.2 Å². The van der Waals surface area contributed by atoms with Gasteiger partial charge in [0.2, 0.25) is 10.0 Å². The monoisotopic (exact) mass is 262 g/mol. The van der Waals surface area contributed by atoms with Gasteiger partial charge in [-0.15, -0.1) is 0 Å². The van der Waals surface area contributed by atoms with Gasteiger partial charge >= 0.3 is 0 Å². The molecule has 4 N–H and O–H groups in total. The molecule has 0 saturated heterocycles. The Hall–Kier alpha value is -1.18. The summed E-state index contributed by atoms with van der Waals surface area (Å²) in [6.07, 6.45) is 0.422. The van der Waals surface area contributed by atoms with E-state index < -0.39 is 21.9 Å². The maximum Gasteiger partial charge on any atom is 0.243 e. The van der Waals surface area contributed by atoms with Gasteiger partial charge in [0.1, 0.15) is 10.7 Å². The van der Waals surface area contributed by atoms with Gasteiger partial charge in [-0.05, 0) is 24.6 Å².